The summed E-state index contributed by atoms with van der Waals surface area (Å²) in [6, 6.07) is 9.83. The van der Waals surface area contributed by atoms with Gasteiger partial charge in [0.2, 0.25) is 0 Å². The molecule has 0 radical (unpaired) electrons. The van der Waals surface area contributed by atoms with Gasteiger partial charge in [-0.2, -0.15) is 0 Å². The molecule has 0 aromatic heterocycles. The standard InChI is InChI=1S/C19H21ClO2/c1-6-22-19-16(12(2)3)11-17(20)13(4)18(19)14-7-9-15(21-5)10-8-14/h7-11H,2,6H2,1,3-5H3. The molecule has 3 heteroatoms. The van der Waals surface area contributed by atoms with E-state index in [-0.39, 0.29) is 0 Å². The average molecular weight is 317 g/mol. The lowest BCUT2D eigenvalue weighted by molar-refractivity contribution is 0.340. The van der Waals surface area contributed by atoms with Gasteiger partial charge in [0.05, 0.1) is 13.7 Å². The van der Waals surface area contributed by atoms with Crippen LogP contribution in [0, 0.1) is 6.92 Å². The number of allylic oxidation sites excluding steroid dienone is 1. The molecule has 2 aromatic rings. The zero-order valence-corrected chi connectivity index (χ0v) is 14.3. The molecule has 2 rings (SSSR count). The van der Waals surface area contributed by atoms with E-state index in [9.17, 15) is 0 Å². The normalized spacial score (nSPS) is 10.4. The highest BCUT2D eigenvalue weighted by atomic mass is 35.5. The number of halogens is 1. The van der Waals surface area contributed by atoms with E-state index in [4.69, 9.17) is 21.1 Å². The highest BCUT2D eigenvalue weighted by molar-refractivity contribution is 6.32. The van der Waals surface area contributed by atoms with Crippen LogP contribution in [0.15, 0.2) is 36.9 Å². The van der Waals surface area contributed by atoms with E-state index in [2.05, 4.69) is 6.58 Å². The van der Waals surface area contributed by atoms with Crippen molar-refractivity contribution in [2.45, 2.75) is 20.8 Å². The molecule has 0 aliphatic carbocycles. The molecule has 2 aromatic carbocycles. The fraction of sp³-hybridized carbons (Fsp3) is 0.263. The summed E-state index contributed by atoms with van der Waals surface area (Å²) in [5, 5.41) is 0.715. The summed E-state index contributed by atoms with van der Waals surface area (Å²) < 4.78 is 11.2. The molecule has 2 nitrogen and oxygen atoms in total. The first kappa shape index (κ1) is 16.4. The third kappa shape index (κ3) is 3.12. The molecule has 0 fully saturated rings. The first-order valence-corrected chi connectivity index (χ1v) is 7.63. The molecule has 0 heterocycles. The monoisotopic (exact) mass is 316 g/mol. The topological polar surface area (TPSA) is 18.5 Å². The molecular formula is C19H21ClO2. The predicted molar refractivity (Wildman–Crippen MR) is 94.1 cm³/mol. The van der Waals surface area contributed by atoms with Crippen molar-refractivity contribution in [1.29, 1.82) is 0 Å². The molecule has 0 saturated heterocycles. The van der Waals surface area contributed by atoms with Gasteiger partial charge in [0.25, 0.3) is 0 Å². The molecule has 0 saturated carbocycles. The Bertz CT molecular complexity index is 688. The lowest BCUT2D eigenvalue weighted by atomic mass is 9.94. The van der Waals surface area contributed by atoms with Crippen LogP contribution in [0.1, 0.15) is 25.0 Å². The SMILES string of the molecule is C=C(C)c1cc(Cl)c(C)c(-c2ccc(OC)cc2)c1OCC. The van der Waals surface area contributed by atoms with E-state index in [1.165, 1.54) is 0 Å². The maximum Gasteiger partial charge on any atom is 0.134 e. The van der Waals surface area contributed by atoms with Gasteiger partial charge in [-0.05, 0) is 55.7 Å². The van der Waals surface area contributed by atoms with E-state index in [0.717, 1.165) is 39.3 Å². The van der Waals surface area contributed by atoms with Crippen LogP contribution >= 0.6 is 11.6 Å². The number of rotatable bonds is 5. The second-order valence-electron chi connectivity index (χ2n) is 5.18. The highest BCUT2D eigenvalue weighted by Crippen LogP contribution is 2.42. The van der Waals surface area contributed by atoms with Crippen molar-refractivity contribution in [1.82, 2.24) is 0 Å². The molecule has 0 aliphatic rings. The molecule has 0 spiro atoms. The van der Waals surface area contributed by atoms with Crippen LogP contribution < -0.4 is 9.47 Å². The molecule has 0 bridgehead atoms. The molecule has 0 unspecified atom stereocenters. The summed E-state index contributed by atoms with van der Waals surface area (Å²) in [5.41, 5.74) is 4.94. The van der Waals surface area contributed by atoms with E-state index in [0.29, 0.717) is 11.6 Å². The minimum Gasteiger partial charge on any atom is -0.497 e. The second kappa shape index (κ2) is 6.89. The Morgan fingerprint density at radius 3 is 2.36 bits per heavy atom. The van der Waals surface area contributed by atoms with Crippen molar-refractivity contribution in [3.05, 3.63) is 53.1 Å². The van der Waals surface area contributed by atoms with Crippen LogP contribution in [0.3, 0.4) is 0 Å². The van der Waals surface area contributed by atoms with Gasteiger partial charge in [-0.3, -0.25) is 0 Å². The Hall–Kier alpha value is -1.93. The largest absolute Gasteiger partial charge is 0.497 e. The third-order valence-electron chi connectivity index (χ3n) is 3.60. The van der Waals surface area contributed by atoms with Crippen molar-refractivity contribution in [2.75, 3.05) is 13.7 Å². The molecule has 0 amide bonds. The van der Waals surface area contributed by atoms with Crippen LogP contribution in [0.25, 0.3) is 16.7 Å². The minimum atomic E-state index is 0.588. The number of ether oxygens (including phenoxy) is 2. The smallest absolute Gasteiger partial charge is 0.134 e. The van der Waals surface area contributed by atoms with Gasteiger partial charge < -0.3 is 9.47 Å². The zero-order chi connectivity index (χ0) is 16.3. The summed E-state index contributed by atoms with van der Waals surface area (Å²) in [7, 11) is 1.66. The molecule has 0 atom stereocenters. The fourth-order valence-corrected chi connectivity index (χ4v) is 2.65. The van der Waals surface area contributed by atoms with Gasteiger partial charge in [-0.1, -0.05) is 30.3 Å². The zero-order valence-electron chi connectivity index (χ0n) is 13.5. The van der Waals surface area contributed by atoms with Crippen LogP contribution in [0.4, 0.5) is 0 Å². The number of hydrogen-bond donors (Lipinski definition) is 0. The minimum absolute atomic E-state index is 0.588. The van der Waals surface area contributed by atoms with Gasteiger partial charge in [0, 0.05) is 16.1 Å². The van der Waals surface area contributed by atoms with Crippen molar-refractivity contribution >= 4 is 17.2 Å². The molecule has 0 aliphatic heterocycles. The van der Waals surface area contributed by atoms with E-state index in [1.807, 2.05) is 51.1 Å². The Balaban J connectivity index is 2.72. The highest BCUT2D eigenvalue weighted by Gasteiger charge is 2.18. The Morgan fingerprint density at radius 2 is 1.86 bits per heavy atom. The second-order valence-corrected chi connectivity index (χ2v) is 5.58. The molecule has 0 N–H and O–H groups in total. The number of benzene rings is 2. The van der Waals surface area contributed by atoms with Gasteiger partial charge in [-0.25, -0.2) is 0 Å². The molecule has 22 heavy (non-hydrogen) atoms. The van der Waals surface area contributed by atoms with Crippen LogP contribution in [0.2, 0.25) is 5.02 Å². The number of hydrogen-bond acceptors (Lipinski definition) is 2. The first-order valence-electron chi connectivity index (χ1n) is 7.25. The van der Waals surface area contributed by atoms with Crippen LogP contribution in [-0.2, 0) is 0 Å². The first-order chi connectivity index (χ1) is 10.5. The third-order valence-corrected chi connectivity index (χ3v) is 4.00. The number of methoxy groups -OCH3 is 1. The predicted octanol–water partition coefficient (Wildman–Crippen LogP) is 5.76. The summed E-state index contributed by atoms with van der Waals surface area (Å²) in [5.74, 6) is 1.66. The molecular weight excluding hydrogens is 296 g/mol. The van der Waals surface area contributed by atoms with Crippen LogP contribution in [-0.4, -0.2) is 13.7 Å². The van der Waals surface area contributed by atoms with Gasteiger partial charge >= 0.3 is 0 Å². The van der Waals surface area contributed by atoms with Gasteiger partial charge in [0.15, 0.2) is 0 Å². The Morgan fingerprint density at radius 1 is 1.23 bits per heavy atom. The summed E-state index contributed by atoms with van der Waals surface area (Å²) >= 11 is 6.42. The van der Waals surface area contributed by atoms with Crippen molar-refractivity contribution in [2.24, 2.45) is 0 Å². The van der Waals surface area contributed by atoms with Gasteiger partial charge in [0.1, 0.15) is 11.5 Å². The van der Waals surface area contributed by atoms with E-state index >= 15 is 0 Å². The van der Waals surface area contributed by atoms with Crippen LogP contribution in [0.5, 0.6) is 11.5 Å². The van der Waals surface area contributed by atoms with Crippen molar-refractivity contribution in [3.8, 4) is 22.6 Å². The molecule has 116 valence electrons. The van der Waals surface area contributed by atoms with Gasteiger partial charge in [-0.15, -0.1) is 0 Å². The van der Waals surface area contributed by atoms with E-state index < -0.39 is 0 Å². The summed E-state index contributed by atoms with van der Waals surface area (Å²) in [4.78, 5) is 0. The lowest BCUT2D eigenvalue weighted by Gasteiger charge is -2.19. The van der Waals surface area contributed by atoms with Crippen molar-refractivity contribution < 1.29 is 9.47 Å². The van der Waals surface area contributed by atoms with E-state index in [1.54, 1.807) is 7.11 Å². The summed E-state index contributed by atoms with van der Waals surface area (Å²) in [6.07, 6.45) is 0. The van der Waals surface area contributed by atoms with Crippen molar-refractivity contribution in [3.63, 3.8) is 0 Å². The summed E-state index contributed by atoms with van der Waals surface area (Å²) in [6.45, 7) is 10.6. The quantitative estimate of drug-likeness (QED) is 0.698. The fourth-order valence-electron chi connectivity index (χ4n) is 2.44. The maximum absolute atomic E-state index is 6.42. The maximum atomic E-state index is 6.42. The lowest BCUT2D eigenvalue weighted by Crippen LogP contribution is -2.00. The Labute approximate surface area is 137 Å². The Kier molecular flexibility index (Phi) is 5.15. The average Bonchev–Trinajstić information content (AvgIpc) is 2.51.